The highest BCUT2D eigenvalue weighted by Gasteiger charge is 2.18. The maximum Gasteiger partial charge on any atom is 0.577 e. The molecular weight excluding hydrogens is 270 g/mol. The maximum atomic E-state index is 13.0. The van der Waals surface area contributed by atoms with Crippen molar-refractivity contribution in [2.45, 2.75) is 32.3 Å². The number of rotatable bonds is 8. The van der Waals surface area contributed by atoms with E-state index in [4.69, 9.17) is 13.3 Å². The van der Waals surface area contributed by atoms with Crippen LogP contribution in [0.5, 0.6) is 0 Å². The lowest BCUT2D eigenvalue weighted by Crippen LogP contribution is -2.28. The van der Waals surface area contributed by atoms with E-state index in [1.54, 1.807) is 20.3 Å². The number of halogens is 2. The molecule has 19 heavy (non-hydrogen) atoms. The van der Waals surface area contributed by atoms with Crippen LogP contribution >= 0.6 is 0 Å². The van der Waals surface area contributed by atoms with Gasteiger partial charge in [-0.05, 0) is 43.9 Å². The highest BCUT2D eigenvalue weighted by Crippen LogP contribution is 2.13. The maximum absolute atomic E-state index is 13.0. The van der Waals surface area contributed by atoms with Gasteiger partial charge in [0, 0.05) is 20.3 Å². The first-order valence-corrected chi connectivity index (χ1v) is 7.34. The van der Waals surface area contributed by atoms with Crippen molar-refractivity contribution in [1.82, 2.24) is 0 Å². The predicted octanol–water partition coefficient (Wildman–Crippen LogP) is 2.97. The number of hydrogen-bond acceptors (Lipinski definition) is 3. The minimum atomic E-state index is -1.64. The molecule has 0 heterocycles. The molecule has 0 aliphatic carbocycles. The van der Waals surface area contributed by atoms with Gasteiger partial charge in [-0.3, -0.25) is 0 Å². The Hall–Kier alpha value is -0.823. The average molecular weight is 289 g/mol. The van der Waals surface area contributed by atoms with Gasteiger partial charge in [0.2, 0.25) is 0 Å². The van der Waals surface area contributed by atoms with E-state index in [0.717, 1.165) is 24.5 Å². The van der Waals surface area contributed by atoms with Gasteiger partial charge >= 0.3 is 9.53 Å². The Morgan fingerprint density at radius 1 is 1.16 bits per heavy atom. The minimum Gasteiger partial charge on any atom is -0.375 e. The molecule has 6 heteroatoms. The topological polar surface area (TPSA) is 27.7 Å². The second kappa shape index (κ2) is 8.37. The van der Waals surface area contributed by atoms with Crippen LogP contribution in [0.25, 0.3) is 0 Å². The fourth-order valence-electron chi connectivity index (χ4n) is 1.69. The van der Waals surface area contributed by atoms with E-state index in [-0.39, 0.29) is 6.10 Å². The van der Waals surface area contributed by atoms with Gasteiger partial charge in [-0.1, -0.05) is 6.07 Å². The Balaban J connectivity index is 2.31. The van der Waals surface area contributed by atoms with Crippen molar-refractivity contribution in [1.29, 1.82) is 0 Å². The summed E-state index contributed by atoms with van der Waals surface area (Å²) in [5.74, 6) is -1.61. The summed E-state index contributed by atoms with van der Waals surface area (Å²) in [5, 5.41) is 0. The van der Waals surface area contributed by atoms with Crippen LogP contribution in [0.3, 0.4) is 0 Å². The Morgan fingerprint density at radius 3 is 2.42 bits per heavy atom. The lowest BCUT2D eigenvalue weighted by Gasteiger charge is -2.16. The Kier molecular flexibility index (Phi) is 7.15. The number of aryl methyl sites for hydroxylation is 1. The zero-order chi connectivity index (χ0) is 14.3. The van der Waals surface area contributed by atoms with Gasteiger partial charge < -0.3 is 13.3 Å². The molecule has 0 fully saturated rings. The third kappa shape index (κ3) is 5.77. The number of hydrogen-bond donors (Lipinski definition) is 0. The zero-order valence-corrected chi connectivity index (χ0v) is 12.4. The van der Waals surface area contributed by atoms with Crippen molar-refractivity contribution in [3.8, 4) is 0 Å². The molecule has 1 atom stereocenters. The van der Waals surface area contributed by atoms with Gasteiger partial charge in [0.05, 0.1) is 0 Å². The quantitative estimate of drug-likeness (QED) is 0.689. The monoisotopic (exact) mass is 289 g/mol. The van der Waals surface area contributed by atoms with E-state index in [0.29, 0.717) is 6.42 Å². The molecule has 107 valence electrons. The zero-order valence-electron chi connectivity index (χ0n) is 11.4. The molecular formula is C13H19F2O3Si. The molecule has 0 saturated carbocycles. The van der Waals surface area contributed by atoms with Gasteiger partial charge in [-0.15, -0.1) is 0 Å². The summed E-state index contributed by atoms with van der Waals surface area (Å²) in [6.07, 6.45) is 2.33. The molecule has 1 unspecified atom stereocenters. The Labute approximate surface area is 114 Å². The fraction of sp³-hybridized carbons (Fsp3) is 0.538. The predicted molar refractivity (Wildman–Crippen MR) is 69.6 cm³/mol. The molecule has 0 amide bonds. The van der Waals surface area contributed by atoms with E-state index in [2.05, 4.69) is 0 Å². The van der Waals surface area contributed by atoms with Crippen LogP contribution in [0, 0.1) is 11.6 Å². The van der Waals surface area contributed by atoms with Crippen LogP contribution in [0.15, 0.2) is 18.2 Å². The lowest BCUT2D eigenvalue weighted by molar-refractivity contribution is 0.0897. The molecule has 0 spiro atoms. The molecule has 1 radical (unpaired) electrons. The minimum absolute atomic E-state index is 0.0130. The van der Waals surface area contributed by atoms with E-state index < -0.39 is 21.2 Å². The Bertz CT molecular complexity index is 386. The van der Waals surface area contributed by atoms with Crippen molar-refractivity contribution >= 4 is 9.53 Å². The first kappa shape index (κ1) is 16.2. The number of benzene rings is 1. The van der Waals surface area contributed by atoms with Gasteiger partial charge in [0.15, 0.2) is 11.6 Å². The second-order valence-corrected chi connectivity index (χ2v) is 5.78. The van der Waals surface area contributed by atoms with Crippen LogP contribution in [0.2, 0.25) is 0 Å². The van der Waals surface area contributed by atoms with Gasteiger partial charge in [0.1, 0.15) is 0 Å². The molecule has 1 aromatic rings. The van der Waals surface area contributed by atoms with E-state index in [1.807, 2.05) is 6.92 Å². The van der Waals surface area contributed by atoms with Crippen molar-refractivity contribution in [3.05, 3.63) is 35.4 Å². The first-order chi connectivity index (χ1) is 9.06. The third-order valence-electron chi connectivity index (χ3n) is 2.69. The molecule has 0 aromatic heterocycles. The van der Waals surface area contributed by atoms with Crippen LogP contribution in [0.1, 0.15) is 25.3 Å². The van der Waals surface area contributed by atoms with E-state index in [9.17, 15) is 8.78 Å². The standard InChI is InChI=1S/C13H19F2O3Si/c1-10(18-19(16-2)17-3)5-4-6-11-7-8-12(14)13(15)9-11/h7-10H,4-6H2,1-3H3. The van der Waals surface area contributed by atoms with Gasteiger partial charge in [-0.2, -0.15) is 0 Å². The van der Waals surface area contributed by atoms with Crippen LogP contribution < -0.4 is 0 Å². The molecule has 0 N–H and O–H groups in total. The van der Waals surface area contributed by atoms with Gasteiger partial charge in [0.25, 0.3) is 0 Å². The highest BCUT2D eigenvalue weighted by molar-refractivity contribution is 6.36. The van der Waals surface area contributed by atoms with E-state index in [1.165, 1.54) is 6.07 Å². The average Bonchev–Trinajstić information content (AvgIpc) is 2.40. The second-order valence-electron chi connectivity index (χ2n) is 4.23. The van der Waals surface area contributed by atoms with E-state index >= 15 is 0 Å². The molecule has 0 saturated heterocycles. The van der Waals surface area contributed by atoms with Crippen LogP contribution in [0.4, 0.5) is 8.78 Å². The molecule has 3 nitrogen and oxygen atoms in total. The van der Waals surface area contributed by atoms with Crippen molar-refractivity contribution in [3.63, 3.8) is 0 Å². The summed E-state index contributed by atoms with van der Waals surface area (Å²) in [6.45, 7) is 1.94. The summed E-state index contributed by atoms with van der Waals surface area (Å²) < 4.78 is 41.4. The van der Waals surface area contributed by atoms with Crippen molar-refractivity contribution < 1.29 is 22.1 Å². The molecule has 1 aromatic carbocycles. The molecule has 1 rings (SSSR count). The normalized spacial score (nSPS) is 12.9. The van der Waals surface area contributed by atoms with Crippen molar-refractivity contribution in [2.24, 2.45) is 0 Å². The smallest absolute Gasteiger partial charge is 0.375 e. The summed E-state index contributed by atoms with van der Waals surface area (Å²) in [5.41, 5.74) is 0.787. The Morgan fingerprint density at radius 2 is 1.84 bits per heavy atom. The summed E-state index contributed by atoms with van der Waals surface area (Å²) in [4.78, 5) is 0. The highest BCUT2D eigenvalue weighted by atomic mass is 28.3. The first-order valence-electron chi connectivity index (χ1n) is 6.12. The SMILES string of the molecule is CO[Si](OC)OC(C)CCCc1ccc(F)c(F)c1. The molecule has 0 aliphatic rings. The molecule has 0 aliphatic heterocycles. The van der Waals surface area contributed by atoms with Crippen molar-refractivity contribution in [2.75, 3.05) is 14.2 Å². The summed E-state index contributed by atoms with van der Waals surface area (Å²) >= 11 is 0. The lowest BCUT2D eigenvalue weighted by atomic mass is 10.1. The van der Waals surface area contributed by atoms with Crippen LogP contribution in [-0.4, -0.2) is 29.9 Å². The summed E-state index contributed by atoms with van der Waals surface area (Å²) in [7, 11) is 1.46. The molecule has 0 bridgehead atoms. The van der Waals surface area contributed by atoms with Crippen LogP contribution in [-0.2, 0) is 19.7 Å². The largest absolute Gasteiger partial charge is 0.577 e. The fourth-order valence-corrected chi connectivity index (χ4v) is 2.50. The summed E-state index contributed by atoms with van der Waals surface area (Å²) in [6, 6.07) is 3.99. The van der Waals surface area contributed by atoms with Gasteiger partial charge in [-0.25, -0.2) is 8.78 Å². The third-order valence-corrected chi connectivity index (χ3v) is 3.95.